The Morgan fingerprint density at radius 1 is 1.35 bits per heavy atom. The smallest absolute Gasteiger partial charge is 0.320 e. The van der Waals surface area contributed by atoms with Crippen molar-refractivity contribution in [2.75, 3.05) is 5.32 Å². The lowest BCUT2D eigenvalue weighted by Gasteiger charge is -2.08. The molecule has 1 aromatic rings. The fourth-order valence-corrected chi connectivity index (χ4v) is 1.89. The molecule has 0 aliphatic carbocycles. The van der Waals surface area contributed by atoms with E-state index in [0.717, 1.165) is 6.07 Å². The molecule has 0 aromatic heterocycles. The Morgan fingerprint density at radius 3 is 2.55 bits per heavy atom. The summed E-state index contributed by atoms with van der Waals surface area (Å²) >= 11 is 0. The molecule has 1 aromatic carbocycles. The van der Waals surface area contributed by atoms with Gasteiger partial charge in [0.05, 0.1) is 4.90 Å². The summed E-state index contributed by atoms with van der Waals surface area (Å²) in [4.78, 5) is 21.7. The molecule has 0 fully saturated rings. The van der Waals surface area contributed by atoms with Gasteiger partial charge < -0.3 is 16.2 Å². The van der Waals surface area contributed by atoms with E-state index in [1.54, 1.807) is 0 Å². The number of hydrogen-bond acceptors (Lipinski definition) is 5. The number of carbonyl (C=O) groups excluding carboxylic acids is 1. The topological polar surface area (TPSA) is 147 Å². The molecule has 8 nitrogen and oxygen atoms in total. The molecule has 110 valence electrons. The minimum atomic E-state index is -4.35. The molecule has 0 bridgehead atoms. The molecule has 20 heavy (non-hydrogen) atoms. The molecule has 0 spiro atoms. The number of carboxylic acids is 1. The third-order valence-corrected chi connectivity index (χ3v) is 3.26. The van der Waals surface area contributed by atoms with Crippen LogP contribution in [0, 0.1) is 0 Å². The van der Waals surface area contributed by atoms with Gasteiger partial charge in [0, 0.05) is 12.1 Å². The first-order chi connectivity index (χ1) is 9.20. The van der Waals surface area contributed by atoms with Gasteiger partial charge in [-0.15, -0.1) is 0 Å². The number of nitrogens with one attached hydrogen (secondary N) is 1. The monoisotopic (exact) mass is 302 g/mol. The van der Waals surface area contributed by atoms with Crippen LogP contribution in [0.2, 0.25) is 0 Å². The maximum Gasteiger partial charge on any atom is 0.320 e. The van der Waals surface area contributed by atoms with Crippen molar-refractivity contribution in [2.24, 2.45) is 5.73 Å². The molecule has 1 rings (SSSR count). The predicted octanol–water partition coefficient (Wildman–Crippen LogP) is 0.0639. The van der Waals surface area contributed by atoms with Crippen molar-refractivity contribution >= 4 is 27.7 Å². The number of nitrogens with two attached hydrogens (primary N) is 1. The second kappa shape index (κ2) is 6.46. The van der Waals surface area contributed by atoms with Crippen molar-refractivity contribution < 1.29 is 27.7 Å². The highest BCUT2D eigenvalue weighted by Gasteiger charge is 2.14. The lowest BCUT2D eigenvalue weighted by atomic mass is 10.1. The molecular formula is C11H14N2O6S. The summed E-state index contributed by atoms with van der Waals surface area (Å²) in [5.41, 5.74) is 5.42. The molecule has 1 atom stereocenters. The van der Waals surface area contributed by atoms with E-state index in [1.807, 2.05) is 0 Å². The normalized spacial score (nSPS) is 12.7. The lowest BCUT2D eigenvalue weighted by molar-refractivity contribution is -0.138. The van der Waals surface area contributed by atoms with Crippen LogP contribution in [0.4, 0.5) is 5.69 Å². The fraction of sp³-hybridized carbons (Fsp3) is 0.273. The number of aliphatic carboxylic acids is 1. The zero-order valence-corrected chi connectivity index (χ0v) is 11.1. The summed E-state index contributed by atoms with van der Waals surface area (Å²) in [5, 5.41) is 10.9. The lowest BCUT2D eigenvalue weighted by Crippen LogP contribution is -2.31. The number of rotatable bonds is 6. The van der Waals surface area contributed by atoms with E-state index in [4.69, 9.17) is 15.4 Å². The van der Waals surface area contributed by atoms with Gasteiger partial charge in [-0.2, -0.15) is 8.42 Å². The third kappa shape index (κ3) is 4.96. The second-order valence-electron chi connectivity index (χ2n) is 4.03. The Kier molecular flexibility index (Phi) is 5.19. The van der Waals surface area contributed by atoms with E-state index in [9.17, 15) is 18.0 Å². The van der Waals surface area contributed by atoms with Gasteiger partial charge in [-0.25, -0.2) is 0 Å². The molecule has 9 heteroatoms. The van der Waals surface area contributed by atoms with Crippen molar-refractivity contribution in [1.82, 2.24) is 0 Å². The first-order valence-corrected chi connectivity index (χ1v) is 7.00. The number of amides is 1. The van der Waals surface area contributed by atoms with Crippen LogP contribution in [0.5, 0.6) is 0 Å². The third-order valence-electron chi connectivity index (χ3n) is 2.42. The first kappa shape index (κ1) is 16.1. The highest BCUT2D eigenvalue weighted by atomic mass is 32.2. The maximum atomic E-state index is 11.5. The van der Waals surface area contributed by atoms with Gasteiger partial charge in [0.15, 0.2) is 0 Å². The van der Waals surface area contributed by atoms with E-state index in [2.05, 4.69) is 5.32 Å². The van der Waals surface area contributed by atoms with E-state index in [0.29, 0.717) is 0 Å². The zero-order chi connectivity index (χ0) is 15.3. The standard InChI is InChI=1S/C11H14N2O6S/c12-9(11(15)16)4-5-10(14)13-7-2-1-3-8(6-7)20(17,18)19/h1-3,6,9H,4-5,12H2,(H,13,14)(H,15,16)(H,17,18,19). The Bertz CT molecular complexity index is 613. The Labute approximate surface area is 115 Å². The average molecular weight is 302 g/mol. The minimum Gasteiger partial charge on any atom is -0.480 e. The first-order valence-electron chi connectivity index (χ1n) is 5.56. The van der Waals surface area contributed by atoms with Gasteiger partial charge >= 0.3 is 5.97 Å². The van der Waals surface area contributed by atoms with Crippen LogP contribution in [0.15, 0.2) is 29.2 Å². The van der Waals surface area contributed by atoms with Crippen molar-refractivity contribution in [2.45, 2.75) is 23.8 Å². The van der Waals surface area contributed by atoms with Crippen LogP contribution in [0.3, 0.4) is 0 Å². The molecule has 0 aliphatic heterocycles. The van der Waals surface area contributed by atoms with Crippen molar-refractivity contribution in [3.63, 3.8) is 0 Å². The van der Waals surface area contributed by atoms with Gasteiger partial charge in [-0.05, 0) is 24.6 Å². The SMILES string of the molecule is NC(CCC(=O)Nc1cccc(S(=O)(=O)O)c1)C(=O)O. The Morgan fingerprint density at radius 2 is 2.00 bits per heavy atom. The summed E-state index contributed by atoms with van der Waals surface area (Å²) in [6.45, 7) is 0. The van der Waals surface area contributed by atoms with E-state index in [1.165, 1.54) is 18.2 Å². The number of hydrogen-bond donors (Lipinski definition) is 4. The summed E-state index contributed by atoms with van der Waals surface area (Å²) in [6, 6.07) is 3.91. The van der Waals surface area contributed by atoms with Crippen LogP contribution in [0.1, 0.15) is 12.8 Å². The molecular weight excluding hydrogens is 288 g/mol. The van der Waals surface area contributed by atoms with E-state index >= 15 is 0 Å². The summed E-state index contributed by atoms with van der Waals surface area (Å²) in [5.74, 6) is -1.71. The Balaban J connectivity index is 2.65. The van der Waals surface area contributed by atoms with Crippen molar-refractivity contribution in [3.8, 4) is 0 Å². The van der Waals surface area contributed by atoms with E-state index in [-0.39, 0.29) is 23.4 Å². The summed E-state index contributed by atoms with van der Waals surface area (Å²) in [6.07, 6.45) is -0.164. The van der Waals surface area contributed by atoms with Crippen LogP contribution in [0.25, 0.3) is 0 Å². The molecule has 5 N–H and O–H groups in total. The molecule has 0 heterocycles. The van der Waals surface area contributed by atoms with Crippen molar-refractivity contribution in [1.29, 1.82) is 0 Å². The average Bonchev–Trinajstić information content (AvgIpc) is 2.35. The van der Waals surface area contributed by atoms with Gasteiger partial charge in [-0.1, -0.05) is 6.07 Å². The highest BCUT2D eigenvalue weighted by molar-refractivity contribution is 7.85. The quantitative estimate of drug-likeness (QED) is 0.543. The molecule has 1 unspecified atom stereocenters. The molecule has 0 saturated heterocycles. The molecule has 1 amide bonds. The van der Waals surface area contributed by atoms with Gasteiger partial charge in [-0.3, -0.25) is 14.1 Å². The summed E-state index contributed by atoms with van der Waals surface area (Å²) in [7, 11) is -4.35. The molecule has 0 aliphatic rings. The van der Waals surface area contributed by atoms with Crippen LogP contribution >= 0.6 is 0 Å². The fourth-order valence-electron chi connectivity index (χ4n) is 1.37. The molecule has 0 radical (unpaired) electrons. The van der Waals surface area contributed by atoms with Crippen molar-refractivity contribution in [3.05, 3.63) is 24.3 Å². The predicted molar refractivity (Wildman–Crippen MR) is 69.7 cm³/mol. The zero-order valence-electron chi connectivity index (χ0n) is 10.3. The number of carboxylic acid groups (broad SMARTS) is 1. The van der Waals surface area contributed by atoms with Crippen LogP contribution in [-0.4, -0.2) is 36.0 Å². The van der Waals surface area contributed by atoms with Crippen LogP contribution < -0.4 is 11.1 Å². The largest absolute Gasteiger partial charge is 0.480 e. The van der Waals surface area contributed by atoms with Gasteiger partial charge in [0.1, 0.15) is 6.04 Å². The maximum absolute atomic E-state index is 11.5. The van der Waals surface area contributed by atoms with Gasteiger partial charge in [0.25, 0.3) is 10.1 Å². The van der Waals surface area contributed by atoms with E-state index < -0.39 is 28.0 Å². The second-order valence-corrected chi connectivity index (χ2v) is 5.46. The minimum absolute atomic E-state index is 0.0425. The Hall–Kier alpha value is -1.97. The summed E-state index contributed by atoms with van der Waals surface area (Å²) < 4.78 is 30.7. The highest BCUT2D eigenvalue weighted by Crippen LogP contribution is 2.15. The van der Waals surface area contributed by atoms with Crippen LogP contribution in [-0.2, 0) is 19.7 Å². The number of benzene rings is 1. The number of carbonyl (C=O) groups is 2. The number of anilines is 1. The van der Waals surface area contributed by atoms with Gasteiger partial charge in [0.2, 0.25) is 5.91 Å². The molecule has 0 saturated carbocycles.